The summed E-state index contributed by atoms with van der Waals surface area (Å²) >= 11 is 0. The maximum Gasteiger partial charge on any atom is 0.344 e. The van der Waals surface area contributed by atoms with Crippen molar-refractivity contribution in [2.45, 2.75) is 6.92 Å². The fraction of sp³-hybridized carbons (Fsp3) is 0.111. The molecular weight excluding hydrogens is 382 g/mol. The number of aromatic nitrogens is 2. The highest BCUT2D eigenvalue weighted by molar-refractivity contribution is 6.01. The molecule has 0 fully saturated rings. The van der Waals surface area contributed by atoms with Crippen molar-refractivity contribution in [3.63, 3.8) is 0 Å². The molecule has 0 saturated carbocycles. The largest absolute Gasteiger partial charge is 0.462 e. The Hall–Kier alpha value is -4.28. The van der Waals surface area contributed by atoms with Crippen LogP contribution in [0.5, 0.6) is 0 Å². The van der Waals surface area contributed by atoms with Crippen molar-refractivity contribution in [2.75, 3.05) is 12.3 Å². The summed E-state index contributed by atoms with van der Waals surface area (Å²) in [4.78, 5) is 33.1. The van der Waals surface area contributed by atoms with Gasteiger partial charge in [0, 0.05) is 29.8 Å². The minimum absolute atomic E-state index is 0.000874. The number of nitrogens with zero attached hydrogens (tertiary/aromatic N) is 4. The van der Waals surface area contributed by atoms with E-state index >= 15 is 0 Å². The molecule has 0 amide bonds. The van der Waals surface area contributed by atoms with Gasteiger partial charge in [0.25, 0.3) is 11.4 Å². The van der Waals surface area contributed by atoms with Gasteiger partial charge in [0.15, 0.2) is 0 Å². The second-order valence-corrected chi connectivity index (χ2v) is 5.82. The minimum Gasteiger partial charge on any atom is -0.462 e. The molecule has 0 spiro atoms. The molecule has 0 radical (unpaired) electrons. The normalized spacial score (nSPS) is 10.5. The summed E-state index contributed by atoms with van der Waals surface area (Å²) in [5.41, 5.74) is 6.90. The van der Waals surface area contributed by atoms with Crippen LogP contribution in [0.25, 0.3) is 16.9 Å². The average molecular weight is 397 g/mol. The molecule has 29 heavy (non-hydrogen) atoms. The predicted octanol–water partition coefficient (Wildman–Crippen LogP) is 3.11. The van der Waals surface area contributed by atoms with Crippen molar-refractivity contribution in [3.8, 4) is 16.9 Å². The lowest BCUT2D eigenvalue weighted by molar-refractivity contribution is -0.385. The van der Waals surface area contributed by atoms with Crippen molar-refractivity contribution in [3.05, 3.63) is 74.3 Å². The molecule has 3 aromatic rings. The van der Waals surface area contributed by atoms with Gasteiger partial charge in [-0.25, -0.2) is 9.48 Å². The van der Waals surface area contributed by atoms with Crippen LogP contribution in [-0.2, 0) is 4.74 Å². The summed E-state index contributed by atoms with van der Waals surface area (Å²) in [7, 11) is 0. The number of non-ortho nitro benzene ring substituents is 2. The van der Waals surface area contributed by atoms with Gasteiger partial charge in [-0.1, -0.05) is 0 Å². The van der Waals surface area contributed by atoms with Gasteiger partial charge < -0.3 is 10.5 Å². The zero-order chi connectivity index (χ0) is 21.1. The monoisotopic (exact) mass is 397 g/mol. The molecule has 148 valence electrons. The lowest BCUT2D eigenvalue weighted by Crippen LogP contribution is -2.09. The number of nitrogen functional groups attached to an aromatic ring is 1. The Labute approximate surface area is 163 Å². The predicted molar refractivity (Wildman–Crippen MR) is 103 cm³/mol. The molecule has 2 N–H and O–H groups in total. The number of nitro benzene ring substituents is 2. The highest BCUT2D eigenvalue weighted by Gasteiger charge is 2.25. The van der Waals surface area contributed by atoms with Crippen LogP contribution < -0.4 is 5.73 Å². The Morgan fingerprint density at radius 2 is 1.55 bits per heavy atom. The van der Waals surface area contributed by atoms with Crippen molar-refractivity contribution in [2.24, 2.45) is 0 Å². The Bertz CT molecular complexity index is 1090. The number of rotatable bonds is 6. The van der Waals surface area contributed by atoms with Gasteiger partial charge in [-0.05, 0) is 31.2 Å². The topological polar surface area (TPSA) is 156 Å². The molecule has 1 heterocycles. The van der Waals surface area contributed by atoms with E-state index in [4.69, 9.17) is 10.5 Å². The Morgan fingerprint density at radius 1 is 1.03 bits per heavy atom. The number of anilines is 1. The number of hydrogen-bond donors (Lipinski definition) is 1. The van der Waals surface area contributed by atoms with Gasteiger partial charge in [0.05, 0.1) is 22.1 Å². The van der Waals surface area contributed by atoms with Crippen molar-refractivity contribution < 1.29 is 19.4 Å². The highest BCUT2D eigenvalue weighted by atomic mass is 16.6. The molecule has 0 aliphatic rings. The third-order valence-electron chi connectivity index (χ3n) is 4.06. The van der Waals surface area contributed by atoms with E-state index in [0.29, 0.717) is 11.3 Å². The molecule has 0 aliphatic heterocycles. The first-order chi connectivity index (χ1) is 13.8. The number of ether oxygens (including phenoxy) is 1. The van der Waals surface area contributed by atoms with Gasteiger partial charge in [-0.3, -0.25) is 20.2 Å². The first kappa shape index (κ1) is 19.5. The smallest absolute Gasteiger partial charge is 0.344 e. The molecule has 0 bridgehead atoms. The van der Waals surface area contributed by atoms with Gasteiger partial charge in [0.2, 0.25) is 0 Å². The lowest BCUT2D eigenvalue weighted by atomic mass is 10.1. The van der Waals surface area contributed by atoms with Crippen LogP contribution in [0.2, 0.25) is 0 Å². The van der Waals surface area contributed by atoms with Crippen LogP contribution in [0.15, 0.2) is 48.5 Å². The summed E-state index contributed by atoms with van der Waals surface area (Å²) in [6.45, 7) is 1.75. The summed E-state index contributed by atoms with van der Waals surface area (Å²) < 4.78 is 6.32. The van der Waals surface area contributed by atoms with Crippen molar-refractivity contribution in [1.82, 2.24) is 9.78 Å². The van der Waals surface area contributed by atoms with E-state index in [1.165, 1.54) is 53.2 Å². The van der Waals surface area contributed by atoms with E-state index in [9.17, 15) is 25.0 Å². The fourth-order valence-corrected chi connectivity index (χ4v) is 2.69. The number of esters is 1. The van der Waals surface area contributed by atoms with Crippen LogP contribution >= 0.6 is 0 Å². The van der Waals surface area contributed by atoms with Crippen LogP contribution in [0.1, 0.15) is 17.3 Å². The first-order valence-corrected chi connectivity index (χ1v) is 8.38. The van der Waals surface area contributed by atoms with Gasteiger partial charge in [0.1, 0.15) is 17.1 Å². The maximum atomic E-state index is 12.5. The number of nitro groups is 2. The third kappa shape index (κ3) is 3.74. The van der Waals surface area contributed by atoms with Crippen LogP contribution in [0, 0.1) is 20.2 Å². The second-order valence-electron chi connectivity index (χ2n) is 5.82. The highest BCUT2D eigenvalue weighted by Crippen LogP contribution is 2.31. The zero-order valence-electron chi connectivity index (χ0n) is 15.1. The Balaban J connectivity index is 2.14. The van der Waals surface area contributed by atoms with E-state index in [1.54, 1.807) is 6.92 Å². The molecular formula is C18H15N5O6. The third-order valence-corrected chi connectivity index (χ3v) is 4.06. The summed E-state index contributed by atoms with van der Waals surface area (Å²) in [6, 6.07) is 10.9. The molecule has 2 aromatic carbocycles. The van der Waals surface area contributed by atoms with E-state index in [1.807, 2.05) is 0 Å². The maximum absolute atomic E-state index is 12.5. The first-order valence-electron chi connectivity index (χ1n) is 8.38. The molecule has 11 heteroatoms. The molecule has 0 saturated heterocycles. The number of benzene rings is 2. The lowest BCUT2D eigenvalue weighted by Gasteiger charge is -2.05. The summed E-state index contributed by atoms with van der Waals surface area (Å²) in [6.07, 6.45) is 0. The SMILES string of the molecule is CCOC(=O)c1c(-c2ccc([N+](=O)[O-])cc2)nn(-c2ccc([N+](=O)[O-])cc2)c1N. The number of carbonyl (C=O) groups is 1. The number of hydrogen-bond acceptors (Lipinski definition) is 8. The average Bonchev–Trinajstić information content (AvgIpc) is 3.05. The molecule has 3 rings (SSSR count). The fourth-order valence-electron chi connectivity index (χ4n) is 2.69. The van der Waals surface area contributed by atoms with Gasteiger partial charge >= 0.3 is 5.97 Å². The zero-order valence-corrected chi connectivity index (χ0v) is 15.1. The standard InChI is InChI=1S/C18H15N5O6/c1-2-29-18(24)15-16(11-3-5-13(6-4-11)22(25)26)20-21(17(15)19)12-7-9-14(10-8-12)23(27)28/h3-10H,2,19H2,1H3. The minimum atomic E-state index is -0.702. The molecule has 1 aromatic heterocycles. The Kier molecular flexibility index (Phi) is 5.21. The molecule has 11 nitrogen and oxygen atoms in total. The summed E-state index contributed by atoms with van der Waals surface area (Å²) in [5, 5.41) is 26.1. The Morgan fingerprint density at radius 3 is 2.03 bits per heavy atom. The molecule has 0 atom stereocenters. The van der Waals surface area contributed by atoms with Crippen LogP contribution in [0.3, 0.4) is 0 Å². The molecule has 0 aliphatic carbocycles. The van der Waals surface area contributed by atoms with E-state index in [-0.39, 0.29) is 35.1 Å². The summed E-state index contributed by atoms with van der Waals surface area (Å²) in [5.74, 6) is -0.725. The number of nitrogens with two attached hydrogens (primary N) is 1. The quantitative estimate of drug-likeness (QED) is 0.377. The molecule has 0 unspecified atom stereocenters. The van der Waals surface area contributed by atoms with Crippen LogP contribution in [0.4, 0.5) is 17.2 Å². The van der Waals surface area contributed by atoms with Gasteiger partial charge in [-0.15, -0.1) is 0 Å². The van der Waals surface area contributed by atoms with E-state index < -0.39 is 15.8 Å². The second kappa shape index (κ2) is 7.76. The van der Waals surface area contributed by atoms with Crippen molar-refractivity contribution >= 4 is 23.2 Å². The van der Waals surface area contributed by atoms with E-state index in [2.05, 4.69) is 5.10 Å². The number of carbonyl (C=O) groups excluding carboxylic acids is 1. The van der Waals surface area contributed by atoms with Gasteiger partial charge in [-0.2, -0.15) is 5.10 Å². The van der Waals surface area contributed by atoms with Crippen LogP contribution in [-0.4, -0.2) is 32.2 Å². The van der Waals surface area contributed by atoms with Crippen molar-refractivity contribution in [1.29, 1.82) is 0 Å². The van der Waals surface area contributed by atoms with E-state index in [0.717, 1.165) is 0 Å².